The molecule has 1 fully saturated rings. The number of halogens is 1. The molecule has 168 valence electrons. The first-order valence-corrected chi connectivity index (χ1v) is 12.5. The molecule has 2 atom stereocenters. The Hall–Kier alpha value is -1.93. The van der Waals surface area contributed by atoms with Gasteiger partial charge in [0.2, 0.25) is 15.9 Å². The van der Waals surface area contributed by atoms with Crippen molar-refractivity contribution in [3.8, 4) is 0 Å². The van der Waals surface area contributed by atoms with Gasteiger partial charge in [0.05, 0.1) is 10.9 Å². The highest BCUT2D eigenvalue weighted by Crippen LogP contribution is 2.19. The van der Waals surface area contributed by atoms with E-state index in [4.69, 9.17) is 11.6 Å². The highest BCUT2D eigenvalue weighted by Gasteiger charge is 2.22. The molecule has 1 aliphatic heterocycles. The molecular formula is C23H30ClN3O3S. The van der Waals surface area contributed by atoms with E-state index in [-0.39, 0.29) is 10.8 Å². The predicted octanol–water partition coefficient (Wildman–Crippen LogP) is 3.56. The molecular weight excluding hydrogens is 434 g/mol. The van der Waals surface area contributed by atoms with E-state index >= 15 is 0 Å². The van der Waals surface area contributed by atoms with Gasteiger partial charge < -0.3 is 5.32 Å². The molecule has 0 spiro atoms. The Morgan fingerprint density at radius 1 is 1.16 bits per heavy atom. The minimum Gasteiger partial charge on any atom is -0.351 e. The molecule has 31 heavy (non-hydrogen) atoms. The molecule has 2 N–H and O–H groups in total. The lowest BCUT2D eigenvalue weighted by Crippen LogP contribution is -2.44. The zero-order valence-corrected chi connectivity index (χ0v) is 19.5. The van der Waals surface area contributed by atoms with E-state index in [1.807, 2.05) is 18.2 Å². The number of carbonyl (C=O) groups is 1. The van der Waals surface area contributed by atoms with Crippen molar-refractivity contribution in [2.45, 2.75) is 50.7 Å². The first-order valence-electron chi connectivity index (χ1n) is 10.6. The molecule has 1 amide bonds. The molecule has 3 rings (SSSR count). The van der Waals surface area contributed by atoms with E-state index in [9.17, 15) is 13.2 Å². The summed E-state index contributed by atoms with van der Waals surface area (Å²) in [6.45, 7) is 7.20. The third-order valence-electron chi connectivity index (χ3n) is 5.56. The van der Waals surface area contributed by atoms with Gasteiger partial charge in [-0.1, -0.05) is 42.8 Å². The van der Waals surface area contributed by atoms with E-state index in [0.717, 1.165) is 25.2 Å². The first kappa shape index (κ1) is 23.7. The van der Waals surface area contributed by atoms with E-state index in [0.29, 0.717) is 17.5 Å². The van der Waals surface area contributed by atoms with Gasteiger partial charge in [-0.05, 0) is 67.6 Å². The smallest absolute Gasteiger partial charge is 0.241 e. The molecule has 2 aromatic rings. The summed E-state index contributed by atoms with van der Waals surface area (Å²) in [6, 6.07) is 13.0. The number of nitrogens with zero attached hydrogens (tertiary/aromatic N) is 1. The average Bonchev–Trinajstić information content (AvgIpc) is 2.73. The van der Waals surface area contributed by atoms with Gasteiger partial charge in [0.15, 0.2) is 0 Å². The van der Waals surface area contributed by atoms with Gasteiger partial charge in [0.25, 0.3) is 0 Å². The zero-order valence-electron chi connectivity index (χ0n) is 18.0. The number of carbonyl (C=O) groups excluding carboxylic acids is 1. The zero-order chi connectivity index (χ0) is 22.4. The summed E-state index contributed by atoms with van der Waals surface area (Å²) < 4.78 is 27.4. The fraction of sp³-hybridized carbons (Fsp3) is 0.435. The first-order chi connectivity index (χ1) is 14.7. The van der Waals surface area contributed by atoms with Crippen LogP contribution in [-0.2, 0) is 27.9 Å². The van der Waals surface area contributed by atoms with Crippen molar-refractivity contribution >= 4 is 27.5 Å². The quantitative estimate of drug-likeness (QED) is 0.627. The van der Waals surface area contributed by atoms with Gasteiger partial charge >= 0.3 is 0 Å². The second kappa shape index (κ2) is 10.6. The normalized spacial score (nSPS) is 18.5. The van der Waals surface area contributed by atoms with Crippen molar-refractivity contribution in [3.63, 3.8) is 0 Å². The van der Waals surface area contributed by atoms with Crippen molar-refractivity contribution in [3.05, 3.63) is 64.7 Å². The lowest BCUT2D eigenvalue weighted by Gasteiger charge is -2.31. The van der Waals surface area contributed by atoms with Crippen LogP contribution in [0.4, 0.5) is 0 Å². The lowest BCUT2D eigenvalue weighted by molar-refractivity contribution is -0.122. The second-order valence-electron chi connectivity index (χ2n) is 8.27. The summed E-state index contributed by atoms with van der Waals surface area (Å²) in [6.07, 6.45) is 2.49. The van der Waals surface area contributed by atoms with E-state index < -0.39 is 16.1 Å². The maximum Gasteiger partial charge on any atom is 0.241 e. The number of piperidine rings is 1. The summed E-state index contributed by atoms with van der Waals surface area (Å²) >= 11 is 5.82. The van der Waals surface area contributed by atoms with Crippen molar-refractivity contribution in [2.75, 3.05) is 13.1 Å². The van der Waals surface area contributed by atoms with Crippen molar-refractivity contribution < 1.29 is 13.2 Å². The van der Waals surface area contributed by atoms with E-state index in [1.54, 1.807) is 0 Å². The standard InChI is InChI=1S/C23H30ClN3O3S/c1-17-6-5-13-27(15-17)16-20-8-4-3-7-19(20)14-25-23(28)18(2)26-31(29,30)22-11-9-21(24)10-12-22/h3-4,7-12,17-18,26H,5-6,13-16H2,1-2H3,(H,25,28)/t17?,18-/m0/s1. The molecule has 1 unspecified atom stereocenters. The summed E-state index contributed by atoms with van der Waals surface area (Å²) in [4.78, 5) is 15.1. The van der Waals surface area contributed by atoms with Crippen molar-refractivity contribution in [1.82, 2.24) is 14.9 Å². The number of benzene rings is 2. The summed E-state index contributed by atoms with van der Waals surface area (Å²) in [5.41, 5.74) is 2.23. The van der Waals surface area contributed by atoms with Crippen LogP contribution in [0.2, 0.25) is 5.02 Å². The number of hydrogen-bond donors (Lipinski definition) is 2. The van der Waals surface area contributed by atoms with Crippen LogP contribution in [-0.4, -0.2) is 38.4 Å². The highest BCUT2D eigenvalue weighted by molar-refractivity contribution is 7.89. The number of amides is 1. The third-order valence-corrected chi connectivity index (χ3v) is 7.36. The summed E-state index contributed by atoms with van der Waals surface area (Å²) in [5.74, 6) is 0.328. The molecule has 1 heterocycles. The maximum atomic E-state index is 12.6. The Balaban J connectivity index is 1.58. The Labute approximate surface area is 190 Å². The second-order valence-corrected chi connectivity index (χ2v) is 10.4. The summed E-state index contributed by atoms with van der Waals surface area (Å²) in [7, 11) is -3.81. The molecule has 0 aromatic heterocycles. The van der Waals surface area contributed by atoms with Crippen LogP contribution in [0.1, 0.15) is 37.8 Å². The largest absolute Gasteiger partial charge is 0.351 e. The molecule has 8 heteroatoms. The van der Waals surface area contributed by atoms with Crippen LogP contribution in [0, 0.1) is 5.92 Å². The van der Waals surface area contributed by atoms with Gasteiger partial charge in [-0.2, -0.15) is 4.72 Å². The molecule has 1 saturated heterocycles. The molecule has 2 aromatic carbocycles. The van der Waals surface area contributed by atoms with E-state index in [2.05, 4.69) is 27.9 Å². The van der Waals surface area contributed by atoms with Crippen molar-refractivity contribution in [1.29, 1.82) is 0 Å². The minimum absolute atomic E-state index is 0.0673. The minimum atomic E-state index is -3.81. The maximum absolute atomic E-state index is 12.6. The molecule has 6 nitrogen and oxygen atoms in total. The Morgan fingerprint density at radius 2 is 1.84 bits per heavy atom. The van der Waals surface area contributed by atoms with Gasteiger partial charge in [0.1, 0.15) is 0 Å². The number of likely N-dealkylation sites (tertiary alicyclic amines) is 1. The van der Waals surface area contributed by atoms with Crippen LogP contribution in [0.15, 0.2) is 53.4 Å². The fourth-order valence-corrected chi connectivity index (χ4v) is 5.19. The van der Waals surface area contributed by atoms with Gasteiger partial charge in [0, 0.05) is 24.7 Å². The SMILES string of the molecule is CC1CCCN(Cc2ccccc2CNC(=O)[C@H](C)NS(=O)(=O)c2ccc(Cl)cc2)C1. The van der Waals surface area contributed by atoms with Gasteiger partial charge in [-0.3, -0.25) is 9.69 Å². The molecule has 0 radical (unpaired) electrons. The van der Waals surface area contributed by atoms with Crippen LogP contribution in [0.5, 0.6) is 0 Å². The third kappa shape index (κ3) is 6.77. The van der Waals surface area contributed by atoms with Gasteiger partial charge in [-0.25, -0.2) is 8.42 Å². The van der Waals surface area contributed by atoms with Crippen LogP contribution in [0.25, 0.3) is 0 Å². The average molecular weight is 464 g/mol. The molecule has 0 bridgehead atoms. The topological polar surface area (TPSA) is 78.5 Å². The molecule has 0 saturated carbocycles. The number of rotatable bonds is 8. The van der Waals surface area contributed by atoms with Crippen molar-refractivity contribution in [2.24, 2.45) is 5.92 Å². The Morgan fingerprint density at radius 3 is 2.52 bits per heavy atom. The molecule has 0 aliphatic carbocycles. The summed E-state index contributed by atoms with van der Waals surface area (Å²) in [5, 5.41) is 3.31. The highest BCUT2D eigenvalue weighted by atomic mass is 35.5. The van der Waals surface area contributed by atoms with E-state index in [1.165, 1.54) is 49.6 Å². The Kier molecular flexibility index (Phi) is 8.11. The number of nitrogens with one attached hydrogen (secondary N) is 2. The van der Waals surface area contributed by atoms with Gasteiger partial charge in [-0.15, -0.1) is 0 Å². The van der Waals surface area contributed by atoms with Crippen LogP contribution >= 0.6 is 11.6 Å². The lowest BCUT2D eigenvalue weighted by atomic mass is 9.99. The number of sulfonamides is 1. The van der Waals surface area contributed by atoms with Crippen LogP contribution in [0.3, 0.4) is 0 Å². The molecule has 1 aliphatic rings. The Bertz CT molecular complexity index is 995. The monoisotopic (exact) mass is 463 g/mol. The fourth-order valence-electron chi connectivity index (χ4n) is 3.86. The van der Waals surface area contributed by atoms with Crippen LogP contribution < -0.4 is 10.0 Å². The predicted molar refractivity (Wildman–Crippen MR) is 123 cm³/mol. The number of hydrogen-bond acceptors (Lipinski definition) is 4.